The maximum Gasteiger partial charge on any atom is 0.573 e. The number of ether oxygens (including phenoxy) is 1. The third-order valence-electron chi connectivity index (χ3n) is 6.50. The summed E-state index contributed by atoms with van der Waals surface area (Å²) in [5.41, 5.74) is 7.19. The number of hydrogen-bond acceptors (Lipinski definition) is 7. The summed E-state index contributed by atoms with van der Waals surface area (Å²) in [6.45, 7) is 6.11. The number of thioether (sulfide) groups is 1. The van der Waals surface area contributed by atoms with Gasteiger partial charge < -0.3 is 9.84 Å². The molecule has 3 aromatic carbocycles. The number of aromatic nitrogens is 3. The monoisotopic (exact) mass is 623 g/mol. The number of amidine groups is 1. The van der Waals surface area contributed by atoms with Gasteiger partial charge in [-0.2, -0.15) is 10.1 Å². The molecule has 1 saturated heterocycles. The van der Waals surface area contributed by atoms with Gasteiger partial charge in [0.1, 0.15) is 18.3 Å². The van der Waals surface area contributed by atoms with Gasteiger partial charge in [0, 0.05) is 17.0 Å². The van der Waals surface area contributed by atoms with E-state index in [0.29, 0.717) is 33.6 Å². The Morgan fingerprint density at radius 2 is 1.86 bits per heavy atom. The van der Waals surface area contributed by atoms with Crippen LogP contribution in [0.2, 0.25) is 0 Å². The van der Waals surface area contributed by atoms with Crippen LogP contribution in [0.4, 0.5) is 23.7 Å². The fraction of sp³-hybridized carbons (Fsp3) is 0.233. The van der Waals surface area contributed by atoms with Crippen LogP contribution in [0.5, 0.6) is 5.75 Å². The third-order valence-corrected chi connectivity index (χ3v) is 7.51. The van der Waals surface area contributed by atoms with Crippen LogP contribution in [0, 0.1) is 6.92 Å². The zero-order chi connectivity index (χ0) is 31.4. The highest BCUT2D eigenvalue weighted by Crippen LogP contribution is 2.35. The van der Waals surface area contributed by atoms with Gasteiger partial charge in [0.15, 0.2) is 11.0 Å². The molecule has 0 radical (unpaired) electrons. The number of amides is 2. The van der Waals surface area contributed by atoms with E-state index in [2.05, 4.69) is 44.2 Å². The lowest BCUT2D eigenvalue weighted by atomic mass is 9.98. The van der Waals surface area contributed by atoms with E-state index in [9.17, 15) is 23.1 Å². The Morgan fingerprint density at radius 1 is 1.14 bits per heavy atom. The number of alkyl halides is 3. The lowest BCUT2D eigenvalue weighted by Gasteiger charge is -2.26. The molecule has 1 atom stereocenters. The first-order valence-electron chi connectivity index (χ1n) is 13.5. The molecular weight excluding hydrogens is 595 g/mol. The maximum absolute atomic E-state index is 12.6. The van der Waals surface area contributed by atoms with E-state index in [1.807, 2.05) is 25.1 Å². The molecule has 1 aliphatic rings. The van der Waals surface area contributed by atoms with Crippen molar-refractivity contribution in [3.63, 3.8) is 0 Å². The molecule has 0 aliphatic carbocycles. The van der Waals surface area contributed by atoms with Crippen molar-refractivity contribution >= 4 is 34.9 Å². The Bertz CT molecular complexity index is 1690. The van der Waals surface area contributed by atoms with E-state index < -0.39 is 18.6 Å². The smallest absolute Gasteiger partial charge is 0.406 e. The van der Waals surface area contributed by atoms with Crippen LogP contribution >= 0.6 is 11.8 Å². The van der Waals surface area contributed by atoms with Crippen molar-refractivity contribution < 1.29 is 27.8 Å². The van der Waals surface area contributed by atoms with Gasteiger partial charge in [-0.3, -0.25) is 4.90 Å². The summed E-state index contributed by atoms with van der Waals surface area (Å²) in [6.07, 6.45) is -2.66. The maximum atomic E-state index is 12.6. The number of nitrogens with one attached hydrogen (secondary N) is 1. The molecule has 14 heteroatoms. The van der Waals surface area contributed by atoms with Gasteiger partial charge in [-0.05, 0) is 59.9 Å². The second-order valence-corrected chi connectivity index (χ2v) is 11.1. The molecule has 4 aromatic rings. The van der Waals surface area contributed by atoms with Crippen LogP contribution < -0.4 is 15.1 Å². The highest BCUT2D eigenvalue weighted by Gasteiger charge is 2.33. The molecule has 10 nitrogen and oxygen atoms in total. The summed E-state index contributed by atoms with van der Waals surface area (Å²) < 4.78 is 42.5. The molecule has 2 N–H and O–H groups in total. The zero-order valence-corrected chi connectivity index (χ0v) is 24.7. The van der Waals surface area contributed by atoms with Crippen LogP contribution in [0.15, 0.2) is 83.2 Å². The van der Waals surface area contributed by atoms with Gasteiger partial charge in [0.2, 0.25) is 0 Å². The van der Waals surface area contributed by atoms with Crippen LogP contribution in [0.1, 0.15) is 36.5 Å². The summed E-state index contributed by atoms with van der Waals surface area (Å²) in [4.78, 5) is 22.7. The summed E-state index contributed by atoms with van der Waals surface area (Å²) >= 11 is 1.29. The van der Waals surface area contributed by atoms with Gasteiger partial charge in [0.05, 0.1) is 11.9 Å². The zero-order valence-electron chi connectivity index (χ0n) is 23.9. The number of hydrogen-bond donors (Lipinski definition) is 2. The average molecular weight is 624 g/mol. The van der Waals surface area contributed by atoms with Crippen molar-refractivity contribution in [2.45, 2.75) is 39.3 Å². The minimum Gasteiger partial charge on any atom is -0.406 e. The predicted molar refractivity (Wildman–Crippen MR) is 163 cm³/mol. The number of aliphatic imine (C=N–C) groups is 1. The molecule has 44 heavy (non-hydrogen) atoms. The summed E-state index contributed by atoms with van der Waals surface area (Å²) in [6, 6.07) is 17.7. The van der Waals surface area contributed by atoms with E-state index in [-0.39, 0.29) is 11.7 Å². The molecule has 2 heterocycles. The largest absolute Gasteiger partial charge is 0.573 e. The quantitative estimate of drug-likeness (QED) is 0.185. The van der Waals surface area contributed by atoms with E-state index >= 15 is 0 Å². The van der Waals surface area contributed by atoms with Crippen LogP contribution in [-0.4, -0.2) is 55.6 Å². The number of aliphatic hydroxyl groups excluding tert-OH is 1. The van der Waals surface area contributed by atoms with Crippen molar-refractivity contribution in [1.82, 2.24) is 20.2 Å². The standard InChI is InChI=1S/C30H28F3N7O3S/c1-18(2)24-13-4-19(3)14-25(24)40-26(41)16-44-29(40)36-28(42)37-35-15-20-5-7-21(8-6-20)27-34-17-39(38-27)22-9-11-23(12-10-22)43-30(31,32)33/h4-15,17-18,26,41H,16H2,1-3H3,(H,37,42)/b35-15+,36-29-. The number of carbonyl (C=O) groups excluding carboxylic acids is 1. The third kappa shape index (κ3) is 7.44. The van der Waals surface area contributed by atoms with Gasteiger partial charge in [-0.15, -0.1) is 18.3 Å². The molecule has 228 valence electrons. The van der Waals surface area contributed by atoms with Gasteiger partial charge >= 0.3 is 12.4 Å². The van der Waals surface area contributed by atoms with Crippen molar-refractivity contribution in [3.8, 4) is 22.8 Å². The number of urea groups is 1. The van der Waals surface area contributed by atoms with E-state index in [0.717, 1.165) is 16.8 Å². The highest BCUT2D eigenvalue weighted by molar-refractivity contribution is 8.14. The van der Waals surface area contributed by atoms with Crippen molar-refractivity contribution in [2.75, 3.05) is 10.7 Å². The molecule has 1 aliphatic heterocycles. The summed E-state index contributed by atoms with van der Waals surface area (Å²) in [5.74, 6) is 0.665. The number of carbonyl (C=O) groups is 1. The number of rotatable bonds is 7. The molecule has 1 aromatic heterocycles. The number of nitrogens with zero attached hydrogens (tertiary/aromatic N) is 6. The number of halogens is 3. The Morgan fingerprint density at radius 3 is 2.55 bits per heavy atom. The lowest BCUT2D eigenvalue weighted by Crippen LogP contribution is -2.35. The van der Waals surface area contributed by atoms with E-state index in [1.54, 1.807) is 29.2 Å². The lowest BCUT2D eigenvalue weighted by molar-refractivity contribution is -0.274. The fourth-order valence-corrected chi connectivity index (χ4v) is 5.39. The number of benzene rings is 3. The van der Waals surface area contributed by atoms with Gasteiger partial charge in [-0.25, -0.2) is 19.9 Å². The average Bonchev–Trinajstić information content (AvgIpc) is 3.60. The number of aliphatic hydroxyl groups is 1. The number of anilines is 1. The van der Waals surface area contributed by atoms with E-state index in [4.69, 9.17) is 0 Å². The Labute approximate surface area is 255 Å². The normalized spacial score (nSPS) is 16.3. The first-order valence-corrected chi connectivity index (χ1v) is 14.5. The Balaban J connectivity index is 1.21. The van der Waals surface area contributed by atoms with E-state index in [1.165, 1.54) is 53.3 Å². The molecule has 0 saturated carbocycles. The first kappa shape index (κ1) is 30.8. The molecule has 2 amide bonds. The van der Waals surface area contributed by atoms with Crippen LogP contribution in [-0.2, 0) is 0 Å². The van der Waals surface area contributed by atoms with Crippen molar-refractivity contribution in [2.24, 2.45) is 10.1 Å². The summed E-state index contributed by atoms with van der Waals surface area (Å²) in [7, 11) is 0. The first-order chi connectivity index (χ1) is 21.0. The molecule has 0 bridgehead atoms. The molecular formula is C30H28F3N7O3S. The van der Waals surface area contributed by atoms with Crippen molar-refractivity contribution in [1.29, 1.82) is 0 Å². The molecule has 5 rings (SSSR count). The predicted octanol–water partition coefficient (Wildman–Crippen LogP) is 6.24. The van der Waals surface area contributed by atoms with Crippen LogP contribution in [0.3, 0.4) is 0 Å². The Kier molecular flexibility index (Phi) is 9.01. The Hall–Kier alpha value is -4.69. The highest BCUT2D eigenvalue weighted by atomic mass is 32.2. The van der Waals surface area contributed by atoms with Crippen molar-refractivity contribution in [3.05, 3.63) is 89.7 Å². The summed E-state index contributed by atoms with van der Waals surface area (Å²) in [5, 5.41) is 19.4. The SMILES string of the molecule is Cc1ccc(C(C)C)c(N2/C(=N/C(=O)N/N=C/c3ccc(-c4ncn(-c5ccc(OC(F)(F)F)cc5)n4)cc3)SCC2O)c1. The van der Waals surface area contributed by atoms with Gasteiger partial charge in [0.25, 0.3) is 0 Å². The minimum absolute atomic E-state index is 0.212. The molecule has 0 spiro atoms. The number of hydrazone groups is 1. The second-order valence-electron chi connectivity index (χ2n) is 10.1. The number of aryl methyl sites for hydroxylation is 1. The fourth-order valence-electron chi connectivity index (χ4n) is 4.43. The molecule has 1 unspecified atom stereocenters. The minimum atomic E-state index is -4.76. The molecule has 1 fully saturated rings. The second kappa shape index (κ2) is 12.9. The topological polar surface area (TPSA) is 117 Å². The van der Waals surface area contributed by atoms with Gasteiger partial charge in [-0.1, -0.05) is 62.0 Å². The van der Waals surface area contributed by atoms with Crippen LogP contribution in [0.25, 0.3) is 17.1 Å².